The molecule has 2 aromatic rings. The zero-order valence-corrected chi connectivity index (χ0v) is 9.31. The van der Waals surface area contributed by atoms with Crippen LogP contribution in [0.15, 0.2) is 23.0 Å². The van der Waals surface area contributed by atoms with E-state index >= 15 is 0 Å². The highest BCUT2D eigenvalue weighted by Gasteiger charge is 2.09. The van der Waals surface area contributed by atoms with E-state index in [2.05, 4.69) is 4.98 Å². The van der Waals surface area contributed by atoms with Crippen molar-refractivity contribution in [2.45, 2.75) is 13.0 Å². The number of fused-ring (bicyclic) bond motifs is 1. The number of hydrogen-bond acceptors (Lipinski definition) is 2. The monoisotopic (exact) mass is 240 g/mol. The third-order valence-corrected chi connectivity index (χ3v) is 2.69. The zero-order valence-electron chi connectivity index (χ0n) is 8.55. The summed E-state index contributed by atoms with van der Waals surface area (Å²) in [6.45, 7) is 1.71. The third-order valence-electron chi connectivity index (χ3n) is 2.40. The first-order valence-corrected chi connectivity index (χ1v) is 5.14. The Balaban J connectivity index is 2.80. The topological polar surface area (TPSA) is 58.9 Å². The molecule has 1 unspecified atom stereocenters. The highest BCUT2D eigenvalue weighted by molar-refractivity contribution is 6.31. The number of halogens is 2. The molecule has 0 amide bonds. The van der Waals surface area contributed by atoms with Gasteiger partial charge in [-0.05, 0) is 25.1 Å². The van der Waals surface area contributed by atoms with Gasteiger partial charge in [0.15, 0.2) is 0 Å². The summed E-state index contributed by atoms with van der Waals surface area (Å²) < 4.78 is 13.2. The lowest BCUT2D eigenvalue weighted by molar-refractivity contribution is 0.629. The summed E-state index contributed by atoms with van der Waals surface area (Å²) >= 11 is 5.66. The van der Waals surface area contributed by atoms with Gasteiger partial charge in [0, 0.05) is 17.0 Å². The highest BCUT2D eigenvalue weighted by atomic mass is 35.5. The van der Waals surface area contributed by atoms with Crippen molar-refractivity contribution >= 4 is 22.5 Å². The van der Waals surface area contributed by atoms with E-state index in [1.165, 1.54) is 12.1 Å². The Hall–Kier alpha value is -1.39. The molecule has 0 saturated carbocycles. The molecule has 3 nitrogen and oxygen atoms in total. The Morgan fingerprint density at radius 2 is 2.12 bits per heavy atom. The van der Waals surface area contributed by atoms with Crippen LogP contribution in [0.5, 0.6) is 0 Å². The predicted molar refractivity (Wildman–Crippen MR) is 62.1 cm³/mol. The molecule has 5 heteroatoms. The number of pyridine rings is 1. The normalized spacial score (nSPS) is 13.0. The minimum absolute atomic E-state index is 0.0233. The lowest BCUT2D eigenvalue weighted by Gasteiger charge is -2.06. The molecular weight excluding hydrogens is 231 g/mol. The zero-order chi connectivity index (χ0) is 11.9. The molecular formula is C11H10ClFN2O. The number of H-pyrrole nitrogens is 1. The number of nitrogens with one attached hydrogen (secondary N) is 1. The Bertz CT molecular complexity index is 607. The Morgan fingerprint density at radius 1 is 1.44 bits per heavy atom. The van der Waals surface area contributed by atoms with Gasteiger partial charge in [0.2, 0.25) is 0 Å². The summed E-state index contributed by atoms with van der Waals surface area (Å²) in [5.41, 5.74) is 6.21. The summed E-state index contributed by atoms with van der Waals surface area (Å²) in [7, 11) is 0. The van der Waals surface area contributed by atoms with Gasteiger partial charge < -0.3 is 10.7 Å². The summed E-state index contributed by atoms with van der Waals surface area (Å²) in [6.07, 6.45) is 0. The van der Waals surface area contributed by atoms with Crippen LogP contribution in [-0.2, 0) is 0 Å². The van der Waals surface area contributed by atoms with Crippen molar-refractivity contribution in [1.82, 2.24) is 4.98 Å². The SMILES string of the molecule is CC(N)c1cc2cc(Cl)c(F)cc2[nH]c1=O. The maximum atomic E-state index is 13.2. The minimum atomic E-state index is -0.557. The van der Waals surface area contributed by atoms with Crippen LogP contribution in [0.25, 0.3) is 10.9 Å². The van der Waals surface area contributed by atoms with Crippen molar-refractivity contribution in [3.05, 3.63) is 45.0 Å². The van der Waals surface area contributed by atoms with Crippen LogP contribution in [0.3, 0.4) is 0 Å². The van der Waals surface area contributed by atoms with Gasteiger partial charge in [0.1, 0.15) is 5.82 Å². The van der Waals surface area contributed by atoms with Crippen LogP contribution >= 0.6 is 11.6 Å². The van der Waals surface area contributed by atoms with Crippen molar-refractivity contribution < 1.29 is 4.39 Å². The summed E-state index contributed by atoms with van der Waals surface area (Å²) in [6, 6.07) is 3.92. The predicted octanol–water partition coefficient (Wildman–Crippen LogP) is 2.34. The van der Waals surface area contributed by atoms with Gasteiger partial charge in [-0.25, -0.2) is 4.39 Å². The minimum Gasteiger partial charge on any atom is -0.324 e. The maximum absolute atomic E-state index is 13.2. The lowest BCUT2D eigenvalue weighted by atomic mass is 10.1. The first-order valence-electron chi connectivity index (χ1n) is 4.76. The van der Waals surface area contributed by atoms with Gasteiger partial charge >= 0.3 is 0 Å². The molecule has 0 aliphatic heterocycles. The standard InChI is InChI=1S/C11H10ClFN2O/c1-5(14)7-2-6-3-8(12)9(13)4-10(6)15-11(7)16/h2-5H,14H2,1H3,(H,15,16). The van der Waals surface area contributed by atoms with E-state index in [1.807, 2.05) is 0 Å². The molecule has 0 spiro atoms. The molecule has 1 heterocycles. The largest absolute Gasteiger partial charge is 0.324 e. The van der Waals surface area contributed by atoms with Gasteiger partial charge in [0.25, 0.3) is 5.56 Å². The van der Waals surface area contributed by atoms with Crippen LogP contribution < -0.4 is 11.3 Å². The van der Waals surface area contributed by atoms with Gasteiger partial charge in [-0.1, -0.05) is 11.6 Å². The lowest BCUT2D eigenvalue weighted by Crippen LogP contribution is -2.19. The number of rotatable bonds is 1. The molecule has 84 valence electrons. The van der Waals surface area contributed by atoms with E-state index in [0.717, 1.165) is 0 Å². The van der Waals surface area contributed by atoms with Crippen molar-refractivity contribution in [1.29, 1.82) is 0 Å². The molecule has 16 heavy (non-hydrogen) atoms. The van der Waals surface area contributed by atoms with Crippen LogP contribution in [0.2, 0.25) is 5.02 Å². The second-order valence-electron chi connectivity index (χ2n) is 3.70. The fraction of sp³-hybridized carbons (Fsp3) is 0.182. The molecule has 1 aromatic heterocycles. The van der Waals surface area contributed by atoms with E-state index in [-0.39, 0.29) is 16.6 Å². The Kier molecular flexibility index (Phi) is 2.69. The molecule has 0 saturated heterocycles. The van der Waals surface area contributed by atoms with E-state index in [1.54, 1.807) is 13.0 Å². The summed E-state index contributed by atoms with van der Waals surface area (Å²) in [5.74, 6) is -0.557. The van der Waals surface area contributed by atoms with Crippen LogP contribution in [0, 0.1) is 5.82 Å². The van der Waals surface area contributed by atoms with Crippen molar-refractivity contribution in [3.63, 3.8) is 0 Å². The Morgan fingerprint density at radius 3 is 2.75 bits per heavy atom. The molecule has 0 radical (unpaired) electrons. The third kappa shape index (κ3) is 1.81. The van der Waals surface area contributed by atoms with Gasteiger partial charge in [-0.15, -0.1) is 0 Å². The van der Waals surface area contributed by atoms with Crippen molar-refractivity contribution in [2.75, 3.05) is 0 Å². The average Bonchev–Trinajstić information content (AvgIpc) is 2.19. The smallest absolute Gasteiger partial charge is 0.253 e. The molecule has 1 atom stereocenters. The fourth-order valence-corrected chi connectivity index (χ4v) is 1.73. The maximum Gasteiger partial charge on any atom is 0.253 e. The quantitative estimate of drug-likeness (QED) is 0.804. The second kappa shape index (κ2) is 3.88. The van der Waals surface area contributed by atoms with E-state index in [4.69, 9.17) is 17.3 Å². The van der Waals surface area contributed by atoms with E-state index in [0.29, 0.717) is 16.5 Å². The Labute approximate surface area is 96.0 Å². The van der Waals surface area contributed by atoms with Crippen LogP contribution in [-0.4, -0.2) is 4.98 Å². The first-order chi connectivity index (χ1) is 7.49. The number of aromatic nitrogens is 1. The summed E-state index contributed by atoms with van der Waals surface area (Å²) in [4.78, 5) is 14.2. The van der Waals surface area contributed by atoms with Crippen molar-refractivity contribution in [3.8, 4) is 0 Å². The first kappa shape index (κ1) is 11.1. The summed E-state index contributed by atoms with van der Waals surface area (Å²) in [5, 5.41) is 0.688. The van der Waals surface area contributed by atoms with E-state index < -0.39 is 5.82 Å². The van der Waals surface area contributed by atoms with Gasteiger partial charge in [0.05, 0.1) is 10.5 Å². The number of hydrogen-bond donors (Lipinski definition) is 2. The molecule has 3 N–H and O–H groups in total. The molecule has 0 aliphatic carbocycles. The second-order valence-corrected chi connectivity index (χ2v) is 4.10. The number of aromatic amines is 1. The number of benzene rings is 1. The van der Waals surface area contributed by atoms with E-state index in [9.17, 15) is 9.18 Å². The number of nitrogens with two attached hydrogens (primary N) is 1. The van der Waals surface area contributed by atoms with Crippen LogP contribution in [0.4, 0.5) is 4.39 Å². The molecule has 0 bridgehead atoms. The average molecular weight is 241 g/mol. The fourth-order valence-electron chi connectivity index (χ4n) is 1.56. The molecule has 0 fully saturated rings. The molecule has 2 rings (SSSR count). The van der Waals surface area contributed by atoms with Gasteiger partial charge in [-0.2, -0.15) is 0 Å². The molecule has 0 aliphatic rings. The van der Waals surface area contributed by atoms with Gasteiger partial charge in [-0.3, -0.25) is 4.79 Å². The highest BCUT2D eigenvalue weighted by Crippen LogP contribution is 2.22. The molecule has 1 aromatic carbocycles. The van der Waals surface area contributed by atoms with Crippen molar-refractivity contribution in [2.24, 2.45) is 5.73 Å². The van der Waals surface area contributed by atoms with Crippen LogP contribution in [0.1, 0.15) is 18.5 Å².